The van der Waals surface area contributed by atoms with Crippen LogP contribution in [0.1, 0.15) is 47.6 Å². The number of nitrogens with one attached hydrogen (secondary N) is 1. The Morgan fingerprint density at radius 3 is 2.86 bits per heavy atom. The van der Waals surface area contributed by atoms with E-state index in [9.17, 15) is 13.2 Å². The Balaban J connectivity index is 1.79. The van der Waals surface area contributed by atoms with Crippen molar-refractivity contribution in [1.29, 1.82) is 0 Å². The number of pyridine rings is 2. The van der Waals surface area contributed by atoms with Gasteiger partial charge in [0, 0.05) is 31.4 Å². The molecular formula is C19H25N5O3S. The number of amides is 1. The molecule has 1 aliphatic heterocycles. The van der Waals surface area contributed by atoms with Gasteiger partial charge in [-0.3, -0.25) is 9.78 Å². The summed E-state index contributed by atoms with van der Waals surface area (Å²) in [4.78, 5) is 21.1. The van der Waals surface area contributed by atoms with Crippen molar-refractivity contribution >= 4 is 21.7 Å². The van der Waals surface area contributed by atoms with Gasteiger partial charge in [0.15, 0.2) is 0 Å². The Morgan fingerprint density at radius 1 is 1.39 bits per heavy atom. The molecule has 0 saturated heterocycles. The van der Waals surface area contributed by atoms with Crippen LogP contribution in [0.2, 0.25) is 0 Å². The van der Waals surface area contributed by atoms with Crippen LogP contribution in [0.3, 0.4) is 0 Å². The van der Waals surface area contributed by atoms with E-state index in [0.29, 0.717) is 19.4 Å². The van der Waals surface area contributed by atoms with Crippen LogP contribution in [-0.2, 0) is 29.5 Å². The average Bonchev–Trinajstić information content (AvgIpc) is 2.71. The van der Waals surface area contributed by atoms with Gasteiger partial charge in [-0.25, -0.2) is 13.4 Å². The lowest BCUT2D eigenvalue weighted by Crippen LogP contribution is -2.41. The second kappa shape index (κ2) is 8.24. The van der Waals surface area contributed by atoms with Gasteiger partial charge in [0.25, 0.3) is 5.91 Å². The Morgan fingerprint density at radius 2 is 2.18 bits per heavy atom. The maximum Gasteiger partial charge on any atom is 0.255 e. The van der Waals surface area contributed by atoms with Crippen LogP contribution < -0.4 is 11.1 Å². The van der Waals surface area contributed by atoms with Crippen molar-refractivity contribution in [3.63, 3.8) is 0 Å². The maximum atomic E-state index is 12.7. The molecule has 2 aromatic rings. The Bertz CT molecular complexity index is 963. The largest absolute Gasteiger partial charge is 0.383 e. The number of hydrogen-bond acceptors (Lipinski definition) is 6. The maximum absolute atomic E-state index is 12.7. The van der Waals surface area contributed by atoms with E-state index in [1.807, 2.05) is 19.1 Å². The summed E-state index contributed by atoms with van der Waals surface area (Å²) >= 11 is 0. The minimum Gasteiger partial charge on any atom is -0.383 e. The molecule has 0 spiro atoms. The number of carbonyl (C=O) groups is 1. The first-order chi connectivity index (χ1) is 13.3. The molecule has 2 aromatic heterocycles. The highest BCUT2D eigenvalue weighted by molar-refractivity contribution is 7.89. The molecule has 3 heterocycles. The summed E-state index contributed by atoms with van der Waals surface area (Å²) in [6, 6.07) is 7.11. The number of anilines is 1. The van der Waals surface area contributed by atoms with E-state index in [1.165, 1.54) is 4.31 Å². The van der Waals surface area contributed by atoms with Crippen molar-refractivity contribution < 1.29 is 13.2 Å². The fraction of sp³-hybridized carbons (Fsp3) is 0.421. The van der Waals surface area contributed by atoms with Crippen LogP contribution in [0.25, 0.3) is 0 Å². The lowest BCUT2D eigenvalue weighted by Gasteiger charge is -2.30. The number of nitrogens with two attached hydrogens (primary N) is 1. The molecule has 28 heavy (non-hydrogen) atoms. The molecule has 0 bridgehead atoms. The normalized spacial score (nSPS) is 15.6. The zero-order valence-corrected chi connectivity index (χ0v) is 16.9. The summed E-state index contributed by atoms with van der Waals surface area (Å²) < 4.78 is 26.8. The lowest BCUT2D eigenvalue weighted by molar-refractivity contribution is 0.0951. The first-order valence-corrected chi connectivity index (χ1v) is 10.8. The molecule has 8 nitrogen and oxygen atoms in total. The minimum absolute atomic E-state index is 0.149. The second-order valence-electron chi connectivity index (χ2n) is 6.88. The molecular weight excluding hydrogens is 378 g/mol. The molecule has 9 heteroatoms. The van der Waals surface area contributed by atoms with E-state index in [4.69, 9.17) is 5.73 Å². The van der Waals surface area contributed by atoms with Crippen LogP contribution in [0.15, 0.2) is 30.5 Å². The summed E-state index contributed by atoms with van der Waals surface area (Å²) in [7, 11) is -3.38. The third-order valence-electron chi connectivity index (χ3n) is 5.01. The molecule has 0 fully saturated rings. The topological polar surface area (TPSA) is 118 Å². The average molecular weight is 404 g/mol. The minimum atomic E-state index is -3.38. The fourth-order valence-corrected chi connectivity index (χ4v) is 4.69. The number of rotatable bonds is 6. The Hall–Kier alpha value is -2.52. The number of fused-ring (bicyclic) bond motifs is 1. The first-order valence-electron chi connectivity index (χ1n) is 9.28. The van der Waals surface area contributed by atoms with E-state index in [1.54, 1.807) is 25.3 Å². The third kappa shape index (κ3) is 4.15. The zero-order valence-electron chi connectivity index (χ0n) is 16.1. The van der Waals surface area contributed by atoms with Gasteiger partial charge in [-0.05, 0) is 37.1 Å². The molecule has 150 valence electrons. The van der Waals surface area contributed by atoms with E-state index in [2.05, 4.69) is 15.3 Å². The Labute approximate surface area is 165 Å². The first kappa shape index (κ1) is 20.2. The lowest BCUT2D eigenvalue weighted by atomic mass is 10.0. The van der Waals surface area contributed by atoms with Gasteiger partial charge in [-0.2, -0.15) is 4.31 Å². The predicted octanol–water partition coefficient (Wildman–Crippen LogP) is 1.48. The molecule has 1 aliphatic rings. The quantitative estimate of drug-likeness (QED) is 0.754. The highest BCUT2D eigenvalue weighted by Crippen LogP contribution is 2.25. The van der Waals surface area contributed by atoms with Crippen molar-refractivity contribution in [3.05, 3.63) is 53.0 Å². The van der Waals surface area contributed by atoms with Crippen LogP contribution in [-0.4, -0.2) is 40.4 Å². The van der Waals surface area contributed by atoms with Gasteiger partial charge in [-0.15, -0.1) is 0 Å². The number of sulfonamides is 1. The predicted molar refractivity (Wildman–Crippen MR) is 107 cm³/mol. The van der Waals surface area contributed by atoms with E-state index < -0.39 is 15.3 Å². The van der Waals surface area contributed by atoms with Gasteiger partial charge in [-0.1, -0.05) is 13.0 Å². The van der Waals surface area contributed by atoms with Crippen molar-refractivity contribution in [2.75, 3.05) is 12.3 Å². The fourth-order valence-electron chi connectivity index (χ4n) is 3.09. The third-order valence-corrected chi connectivity index (χ3v) is 7.39. The van der Waals surface area contributed by atoms with Crippen molar-refractivity contribution in [1.82, 2.24) is 19.6 Å². The molecule has 0 aromatic carbocycles. The summed E-state index contributed by atoms with van der Waals surface area (Å²) in [5.41, 5.74) is 8.42. The van der Waals surface area contributed by atoms with Gasteiger partial charge < -0.3 is 11.1 Å². The SMILES string of the molecule is CCC(C)S(=O)(=O)N1CCc2nc(N)c(C(=O)NCc3ccccn3)cc2C1. The van der Waals surface area contributed by atoms with Crippen molar-refractivity contribution in [2.45, 2.75) is 45.0 Å². The molecule has 1 unspecified atom stereocenters. The Kier molecular flexibility index (Phi) is 5.95. The van der Waals surface area contributed by atoms with Crippen LogP contribution in [0, 0.1) is 0 Å². The summed E-state index contributed by atoms with van der Waals surface area (Å²) in [6.07, 6.45) is 2.68. The summed E-state index contributed by atoms with van der Waals surface area (Å²) in [5.74, 6) is -0.212. The summed E-state index contributed by atoms with van der Waals surface area (Å²) in [5, 5.41) is 2.33. The molecule has 1 amide bonds. The highest BCUT2D eigenvalue weighted by Gasteiger charge is 2.31. The smallest absolute Gasteiger partial charge is 0.255 e. The van der Waals surface area contributed by atoms with E-state index in [0.717, 1.165) is 17.0 Å². The number of hydrogen-bond donors (Lipinski definition) is 2. The molecule has 0 aliphatic carbocycles. The molecule has 0 saturated carbocycles. The number of nitrogen functional groups attached to an aromatic ring is 1. The van der Waals surface area contributed by atoms with Gasteiger partial charge in [0.2, 0.25) is 10.0 Å². The monoisotopic (exact) mass is 403 g/mol. The zero-order chi connectivity index (χ0) is 20.3. The van der Waals surface area contributed by atoms with E-state index in [-0.39, 0.29) is 30.4 Å². The van der Waals surface area contributed by atoms with Crippen molar-refractivity contribution in [2.24, 2.45) is 0 Å². The molecule has 0 radical (unpaired) electrons. The summed E-state index contributed by atoms with van der Waals surface area (Å²) in [6.45, 7) is 4.41. The second-order valence-corrected chi connectivity index (χ2v) is 9.23. The number of aromatic nitrogens is 2. The van der Waals surface area contributed by atoms with Gasteiger partial charge in [0.1, 0.15) is 5.82 Å². The molecule has 3 N–H and O–H groups in total. The van der Waals surface area contributed by atoms with Gasteiger partial charge >= 0.3 is 0 Å². The standard InChI is InChI=1S/C19H25N5O3S/c1-3-13(2)28(26,27)24-9-7-17-14(12-24)10-16(18(20)23-17)19(25)22-11-15-6-4-5-8-21-15/h4-6,8,10,13H,3,7,9,11-12H2,1-2H3,(H2,20,23)(H,22,25). The molecule has 1 atom stereocenters. The van der Waals surface area contributed by atoms with E-state index >= 15 is 0 Å². The van der Waals surface area contributed by atoms with Crippen molar-refractivity contribution in [3.8, 4) is 0 Å². The van der Waals surface area contributed by atoms with Crippen LogP contribution >= 0.6 is 0 Å². The number of carbonyl (C=O) groups excluding carboxylic acids is 1. The van der Waals surface area contributed by atoms with Crippen LogP contribution in [0.5, 0.6) is 0 Å². The molecule has 3 rings (SSSR count). The number of nitrogens with zero attached hydrogens (tertiary/aromatic N) is 3. The van der Waals surface area contributed by atoms with Crippen LogP contribution in [0.4, 0.5) is 5.82 Å². The van der Waals surface area contributed by atoms with Gasteiger partial charge in [0.05, 0.1) is 23.1 Å². The highest BCUT2D eigenvalue weighted by atomic mass is 32.2.